The van der Waals surface area contributed by atoms with Gasteiger partial charge in [-0.05, 0) is 35.8 Å². The molecule has 2 rings (SSSR count). The number of hydrogen-bond donors (Lipinski definition) is 1. The van der Waals surface area contributed by atoms with Crippen molar-refractivity contribution in [1.82, 2.24) is 4.98 Å². The van der Waals surface area contributed by atoms with Crippen molar-refractivity contribution in [1.29, 1.82) is 0 Å². The summed E-state index contributed by atoms with van der Waals surface area (Å²) in [4.78, 5) is 16.0. The summed E-state index contributed by atoms with van der Waals surface area (Å²) >= 11 is 0. The Balaban J connectivity index is 2.50. The molecule has 1 heterocycles. The van der Waals surface area contributed by atoms with Gasteiger partial charge in [-0.2, -0.15) is 0 Å². The molecule has 94 valence electrons. The molecule has 1 N–H and O–H groups in total. The van der Waals surface area contributed by atoms with Gasteiger partial charge in [-0.15, -0.1) is 0 Å². The third-order valence-corrected chi connectivity index (χ3v) is 3.00. The lowest BCUT2D eigenvalue weighted by Gasteiger charge is -2.30. The van der Waals surface area contributed by atoms with E-state index in [0.29, 0.717) is 11.3 Å². The second kappa shape index (κ2) is 4.18. The molecule has 1 aromatic rings. The van der Waals surface area contributed by atoms with E-state index in [0.717, 1.165) is 0 Å². The topological polar surface area (TPSA) is 50.2 Å². The lowest BCUT2D eigenvalue weighted by Crippen LogP contribution is -2.30. The number of aliphatic hydroxyl groups is 1. The smallest absolute Gasteiger partial charge is 0.181 e. The van der Waals surface area contributed by atoms with E-state index in [1.165, 1.54) is 12.2 Å². The Kier molecular flexibility index (Phi) is 2.95. The standard InChI is InChI=1S/C15H17NO2/c1-14(2,3)11-10-15(18,8-7-12(11)17)13-6-4-5-9-16-13/h4-10,18H,1-3H3. The molecule has 0 saturated carbocycles. The highest BCUT2D eigenvalue weighted by molar-refractivity contribution is 6.06. The molecule has 0 aromatic carbocycles. The molecule has 18 heavy (non-hydrogen) atoms. The molecule has 0 aliphatic heterocycles. The molecule has 1 unspecified atom stereocenters. The predicted octanol–water partition coefficient (Wildman–Crippen LogP) is 2.38. The Morgan fingerprint density at radius 3 is 2.56 bits per heavy atom. The van der Waals surface area contributed by atoms with E-state index in [2.05, 4.69) is 4.98 Å². The minimum atomic E-state index is -1.29. The fourth-order valence-electron chi connectivity index (χ4n) is 1.98. The first-order valence-corrected chi connectivity index (χ1v) is 5.94. The van der Waals surface area contributed by atoms with Crippen molar-refractivity contribution < 1.29 is 9.90 Å². The number of carbonyl (C=O) groups is 1. The van der Waals surface area contributed by atoms with Gasteiger partial charge in [0.25, 0.3) is 0 Å². The van der Waals surface area contributed by atoms with Crippen molar-refractivity contribution in [2.24, 2.45) is 5.41 Å². The van der Waals surface area contributed by atoms with Crippen LogP contribution in [0.4, 0.5) is 0 Å². The number of rotatable bonds is 1. The normalized spacial score (nSPS) is 24.0. The van der Waals surface area contributed by atoms with Crippen LogP contribution in [0, 0.1) is 5.41 Å². The molecule has 3 nitrogen and oxygen atoms in total. The van der Waals surface area contributed by atoms with Crippen LogP contribution in [0.5, 0.6) is 0 Å². The third kappa shape index (κ3) is 2.27. The average molecular weight is 243 g/mol. The molecule has 1 atom stereocenters. The van der Waals surface area contributed by atoms with Gasteiger partial charge in [0.1, 0.15) is 5.60 Å². The first-order valence-electron chi connectivity index (χ1n) is 5.94. The van der Waals surface area contributed by atoms with E-state index in [-0.39, 0.29) is 11.2 Å². The summed E-state index contributed by atoms with van der Waals surface area (Å²) in [6.07, 6.45) is 6.15. The van der Waals surface area contributed by atoms with Crippen molar-refractivity contribution in [3.63, 3.8) is 0 Å². The summed E-state index contributed by atoms with van der Waals surface area (Å²) in [7, 11) is 0. The highest BCUT2D eigenvalue weighted by Gasteiger charge is 2.34. The fourth-order valence-corrected chi connectivity index (χ4v) is 1.98. The number of aromatic nitrogens is 1. The molecular formula is C15H17NO2. The minimum Gasteiger partial charge on any atom is -0.376 e. The largest absolute Gasteiger partial charge is 0.376 e. The van der Waals surface area contributed by atoms with Gasteiger partial charge in [0.15, 0.2) is 5.78 Å². The number of hydrogen-bond acceptors (Lipinski definition) is 3. The SMILES string of the molecule is CC(C)(C)C1=CC(O)(c2ccccn2)C=CC1=O. The summed E-state index contributed by atoms with van der Waals surface area (Å²) in [6.45, 7) is 5.86. The van der Waals surface area contributed by atoms with Gasteiger partial charge in [0, 0.05) is 11.8 Å². The lowest BCUT2D eigenvalue weighted by molar-refractivity contribution is -0.112. The zero-order chi connectivity index (χ0) is 13.4. The zero-order valence-corrected chi connectivity index (χ0v) is 10.8. The van der Waals surface area contributed by atoms with E-state index in [9.17, 15) is 9.90 Å². The highest BCUT2D eigenvalue weighted by Crippen LogP contribution is 2.35. The molecule has 0 bridgehead atoms. The summed E-state index contributed by atoms with van der Waals surface area (Å²) < 4.78 is 0. The lowest BCUT2D eigenvalue weighted by atomic mass is 9.77. The molecule has 1 aliphatic carbocycles. The molecule has 0 fully saturated rings. The molecule has 0 saturated heterocycles. The summed E-state index contributed by atoms with van der Waals surface area (Å²) in [5.74, 6) is -0.0527. The van der Waals surface area contributed by atoms with Crippen molar-refractivity contribution in [2.75, 3.05) is 0 Å². The zero-order valence-electron chi connectivity index (χ0n) is 10.8. The highest BCUT2D eigenvalue weighted by atomic mass is 16.3. The van der Waals surface area contributed by atoms with Crippen LogP contribution < -0.4 is 0 Å². The van der Waals surface area contributed by atoms with Gasteiger partial charge in [-0.25, -0.2) is 0 Å². The number of pyridine rings is 1. The van der Waals surface area contributed by atoms with Crippen molar-refractivity contribution >= 4 is 5.78 Å². The van der Waals surface area contributed by atoms with Crippen LogP contribution in [0.3, 0.4) is 0 Å². The minimum absolute atomic E-state index is 0.0527. The quantitative estimate of drug-likeness (QED) is 0.824. The Bertz CT molecular complexity index is 523. The Hall–Kier alpha value is -1.74. The predicted molar refractivity (Wildman–Crippen MR) is 69.8 cm³/mol. The second-order valence-corrected chi connectivity index (χ2v) is 5.55. The van der Waals surface area contributed by atoms with E-state index in [1.807, 2.05) is 26.8 Å². The van der Waals surface area contributed by atoms with Crippen LogP contribution in [0.25, 0.3) is 0 Å². The number of carbonyl (C=O) groups excluding carboxylic acids is 1. The van der Waals surface area contributed by atoms with Crippen LogP contribution in [-0.4, -0.2) is 15.9 Å². The maximum Gasteiger partial charge on any atom is 0.181 e. The van der Waals surface area contributed by atoms with Gasteiger partial charge in [-0.1, -0.05) is 26.8 Å². The van der Waals surface area contributed by atoms with Crippen LogP contribution in [0.2, 0.25) is 0 Å². The Morgan fingerprint density at radius 2 is 2.00 bits per heavy atom. The van der Waals surface area contributed by atoms with E-state index in [4.69, 9.17) is 0 Å². The number of nitrogens with zero attached hydrogens (tertiary/aromatic N) is 1. The summed E-state index contributed by atoms with van der Waals surface area (Å²) in [5.41, 5.74) is -0.462. The average Bonchev–Trinajstić information content (AvgIpc) is 2.32. The third-order valence-electron chi connectivity index (χ3n) is 3.00. The van der Waals surface area contributed by atoms with Crippen LogP contribution in [0.1, 0.15) is 26.5 Å². The molecule has 1 aliphatic rings. The van der Waals surface area contributed by atoms with Gasteiger partial charge in [0.2, 0.25) is 0 Å². The Morgan fingerprint density at radius 1 is 1.28 bits per heavy atom. The van der Waals surface area contributed by atoms with Gasteiger partial charge >= 0.3 is 0 Å². The van der Waals surface area contributed by atoms with E-state index < -0.39 is 5.60 Å². The van der Waals surface area contributed by atoms with E-state index in [1.54, 1.807) is 24.4 Å². The van der Waals surface area contributed by atoms with Crippen molar-refractivity contribution in [3.05, 3.63) is 53.9 Å². The molecule has 1 aromatic heterocycles. The van der Waals surface area contributed by atoms with Gasteiger partial charge < -0.3 is 5.11 Å². The number of ketones is 1. The molecule has 0 radical (unpaired) electrons. The van der Waals surface area contributed by atoms with Gasteiger partial charge in [-0.3, -0.25) is 9.78 Å². The maximum atomic E-state index is 11.9. The second-order valence-electron chi connectivity index (χ2n) is 5.55. The molecular weight excluding hydrogens is 226 g/mol. The molecule has 0 spiro atoms. The van der Waals surface area contributed by atoms with Gasteiger partial charge in [0.05, 0.1) is 5.69 Å². The van der Waals surface area contributed by atoms with Crippen LogP contribution in [-0.2, 0) is 10.4 Å². The fraction of sp³-hybridized carbons (Fsp3) is 0.333. The first-order chi connectivity index (χ1) is 8.33. The van der Waals surface area contributed by atoms with Crippen LogP contribution in [0.15, 0.2) is 48.2 Å². The van der Waals surface area contributed by atoms with Crippen LogP contribution >= 0.6 is 0 Å². The molecule has 3 heteroatoms. The van der Waals surface area contributed by atoms with Crippen molar-refractivity contribution in [3.8, 4) is 0 Å². The maximum absolute atomic E-state index is 11.9. The Labute approximate surface area is 107 Å². The number of allylic oxidation sites excluding steroid dienone is 2. The summed E-state index contributed by atoms with van der Waals surface area (Å²) in [5, 5.41) is 10.6. The molecule has 0 amide bonds. The summed E-state index contributed by atoms with van der Waals surface area (Å²) in [6, 6.07) is 5.35. The monoisotopic (exact) mass is 243 g/mol. The van der Waals surface area contributed by atoms with E-state index >= 15 is 0 Å². The first kappa shape index (κ1) is 12.7. The van der Waals surface area contributed by atoms with Crippen molar-refractivity contribution in [2.45, 2.75) is 26.4 Å².